The van der Waals surface area contributed by atoms with E-state index in [2.05, 4.69) is 15.7 Å². The molecule has 2 amide bonds. The molecular weight excluding hydrogens is 557 g/mol. The van der Waals surface area contributed by atoms with Crippen molar-refractivity contribution in [3.05, 3.63) is 93.1 Å². The van der Waals surface area contributed by atoms with Crippen molar-refractivity contribution in [3.8, 4) is 0 Å². The fraction of sp³-hybridized carbons (Fsp3) is 0.222. The number of aromatic nitrogens is 2. The third-order valence-corrected chi connectivity index (χ3v) is 6.83. The number of nitrogens with zero attached hydrogens (tertiary/aromatic N) is 3. The van der Waals surface area contributed by atoms with E-state index >= 15 is 0 Å². The molecule has 0 fully saturated rings. The van der Waals surface area contributed by atoms with Crippen LogP contribution in [0.2, 0.25) is 5.02 Å². The highest BCUT2D eigenvalue weighted by Crippen LogP contribution is 2.42. The lowest BCUT2D eigenvalue weighted by Crippen LogP contribution is -2.36. The Morgan fingerprint density at radius 2 is 1.85 bits per heavy atom. The van der Waals surface area contributed by atoms with Gasteiger partial charge in [0.1, 0.15) is 17.3 Å². The van der Waals surface area contributed by atoms with Gasteiger partial charge in [-0.05, 0) is 62.6 Å². The predicted molar refractivity (Wildman–Crippen MR) is 138 cm³/mol. The number of likely N-dealkylation sites (N-methyl/N-ethyl adjacent to an activating group) is 1. The second kappa shape index (κ2) is 10.2. The Hall–Kier alpha value is -4.03. The maximum atomic E-state index is 14.3. The molecule has 208 valence electrons. The van der Waals surface area contributed by atoms with Crippen LogP contribution in [-0.4, -0.2) is 47.1 Å². The van der Waals surface area contributed by atoms with Crippen molar-refractivity contribution >= 4 is 40.0 Å². The van der Waals surface area contributed by atoms with Crippen molar-refractivity contribution in [2.75, 3.05) is 26.0 Å². The highest BCUT2D eigenvalue weighted by molar-refractivity contribution is 6.31. The van der Waals surface area contributed by atoms with E-state index in [1.807, 2.05) is 19.0 Å². The first kappa shape index (κ1) is 27.5. The Morgan fingerprint density at radius 3 is 2.55 bits per heavy atom. The first-order chi connectivity index (χ1) is 18.8. The largest absolute Gasteiger partial charge is 0.416 e. The van der Waals surface area contributed by atoms with Crippen molar-refractivity contribution in [2.24, 2.45) is 0 Å². The highest BCUT2D eigenvalue weighted by atomic mass is 35.5. The van der Waals surface area contributed by atoms with Gasteiger partial charge >= 0.3 is 6.18 Å². The lowest BCUT2D eigenvalue weighted by atomic mass is 9.89. The van der Waals surface area contributed by atoms with Gasteiger partial charge in [0.15, 0.2) is 0 Å². The molecule has 13 heteroatoms. The zero-order chi connectivity index (χ0) is 28.9. The maximum absolute atomic E-state index is 14.3. The standard InChI is InChI=1S/C27H21ClF5N5O2/c1-37(2)7-8-38-24-22-20(36-38)6-5-19(34-25(39)13-9-14(27(31,32)33)11-16(30)10-13)21(22)23(35-26(24)40)17-12-15(29)3-4-18(17)28/h3-6,9-12,23H,7-8H2,1-2H3,(H,34,39)(H,35,40). The molecular formula is C27H21ClF5N5O2. The zero-order valence-corrected chi connectivity index (χ0v) is 21.8. The van der Waals surface area contributed by atoms with E-state index in [9.17, 15) is 31.5 Å². The van der Waals surface area contributed by atoms with Gasteiger partial charge in [0.25, 0.3) is 11.8 Å². The van der Waals surface area contributed by atoms with Crippen LogP contribution in [0.5, 0.6) is 0 Å². The normalized spacial score (nSPS) is 15.0. The zero-order valence-electron chi connectivity index (χ0n) is 21.0. The molecule has 1 aromatic heterocycles. The number of anilines is 1. The van der Waals surface area contributed by atoms with Crippen LogP contribution in [0.25, 0.3) is 10.9 Å². The quantitative estimate of drug-likeness (QED) is 0.291. The number of rotatable bonds is 6. The molecule has 0 radical (unpaired) electrons. The summed E-state index contributed by atoms with van der Waals surface area (Å²) in [5.41, 5.74) is -0.714. The predicted octanol–water partition coefficient (Wildman–Crippen LogP) is 5.63. The van der Waals surface area contributed by atoms with E-state index in [1.54, 1.807) is 6.07 Å². The molecule has 0 saturated carbocycles. The van der Waals surface area contributed by atoms with Crippen LogP contribution >= 0.6 is 11.6 Å². The average Bonchev–Trinajstić information content (AvgIpc) is 3.26. The molecule has 1 atom stereocenters. The second-order valence-electron chi connectivity index (χ2n) is 9.55. The number of nitrogens with one attached hydrogen (secondary N) is 2. The summed E-state index contributed by atoms with van der Waals surface area (Å²) in [5, 5.41) is 10.4. The number of benzene rings is 3. The SMILES string of the molecule is CN(C)CCn1nc2ccc(NC(=O)c3cc(F)cc(C(F)(F)F)c3)c3c2c1C(=O)NC3c1cc(F)ccc1Cl. The van der Waals surface area contributed by atoms with E-state index in [0.717, 1.165) is 12.1 Å². The Labute approximate surface area is 229 Å². The molecule has 3 aromatic carbocycles. The summed E-state index contributed by atoms with van der Waals surface area (Å²) in [5.74, 6) is -3.40. The monoisotopic (exact) mass is 577 g/mol. The fourth-order valence-corrected chi connectivity index (χ4v) is 4.89. The fourth-order valence-electron chi connectivity index (χ4n) is 4.67. The summed E-state index contributed by atoms with van der Waals surface area (Å²) in [6.07, 6.45) is -4.87. The summed E-state index contributed by atoms with van der Waals surface area (Å²) in [4.78, 5) is 28.4. The maximum Gasteiger partial charge on any atom is 0.416 e. The van der Waals surface area contributed by atoms with E-state index in [1.165, 1.54) is 16.8 Å². The van der Waals surface area contributed by atoms with E-state index in [-0.39, 0.29) is 22.0 Å². The van der Waals surface area contributed by atoms with Gasteiger partial charge in [-0.25, -0.2) is 8.78 Å². The average molecular weight is 578 g/mol. The number of amides is 2. The van der Waals surface area contributed by atoms with Crippen LogP contribution in [0, 0.1) is 11.6 Å². The molecule has 7 nitrogen and oxygen atoms in total. The van der Waals surface area contributed by atoms with Gasteiger partial charge in [0.2, 0.25) is 0 Å². The molecule has 1 aliphatic heterocycles. The number of hydrogen-bond acceptors (Lipinski definition) is 4. The second-order valence-corrected chi connectivity index (χ2v) is 9.96. The number of carbonyl (C=O) groups is 2. The molecule has 0 spiro atoms. The topological polar surface area (TPSA) is 79.3 Å². The minimum atomic E-state index is -4.87. The van der Waals surface area contributed by atoms with Crippen LogP contribution in [0.3, 0.4) is 0 Å². The number of hydrogen-bond donors (Lipinski definition) is 2. The molecule has 2 N–H and O–H groups in total. The van der Waals surface area contributed by atoms with Crippen LogP contribution in [0.4, 0.5) is 27.6 Å². The summed E-state index contributed by atoms with van der Waals surface area (Å²) in [6.45, 7) is 0.897. The van der Waals surface area contributed by atoms with Gasteiger partial charge in [-0.1, -0.05) is 11.6 Å². The Morgan fingerprint density at radius 1 is 1.10 bits per heavy atom. The van der Waals surface area contributed by atoms with Crippen LogP contribution < -0.4 is 10.6 Å². The van der Waals surface area contributed by atoms with Gasteiger partial charge in [0, 0.05) is 39.3 Å². The van der Waals surface area contributed by atoms with E-state index in [0.29, 0.717) is 47.8 Å². The Bertz CT molecular complexity index is 1670. The molecule has 1 unspecified atom stereocenters. The van der Waals surface area contributed by atoms with Crippen molar-refractivity contribution < 1.29 is 31.5 Å². The molecule has 2 heterocycles. The van der Waals surface area contributed by atoms with Crippen molar-refractivity contribution in [3.63, 3.8) is 0 Å². The summed E-state index contributed by atoms with van der Waals surface area (Å²) in [6, 6.07) is 7.07. The summed E-state index contributed by atoms with van der Waals surface area (Å²) >= 11 is 6.38. The summed E-state index contributed by atoms with van der Waals surface area (Å²) < 4.78 is 69.6. The Kier molecular flexibility index (Phi) is 7.01. The van der Waals surface area contributed by atoms with E-state index in [4.69, 9.17) is 11.6 Å². The third kappa shape index (κ3) is 5.11. The summed E-state index contributed by atoms with van der Waals surface area (Å²) in [7, 11) is 3.71. The third-order valence-electron chi connectivity index (χ3n) is 6.49. The lowest BCUT2D eigenvalue weighted by Gasteiger charge is -2.28. The van der Waals surface area contributed by atoms with Crippen LogP contribution in [0.1, 0.15) is 43.6 Å². The van der Waals surface area contributed by atoms with Crippen LogP contribution in [0.15, 0.2) is 48.5 Å². The highest BCUT2D eigenvalue weighted by Gasteiger charge is 2.36. The van der Waals surface area contributed by atoms with Gasteiger partial charge in [0.05, 0.1) is 23.7 Å². The molecule has 0 bridgehead atoms. The van der Waals surface area contributed by atoms with Crippen LogP contribution in [-0.2, 0) is 12.7 Å². The van der Waals surface area contributed by atoms with Gasteiger partial charge in [-0.15, -0.1) is 0 Å². The molecule has 5 rings (SSSR count). The van der Waals surface area contributed by atoms with Gasteiger partial charge in [-0.2, -0.15) is 18.3 Å². The smallest absolute Gasteiger partial charge is 0.340 e. The number of halogens is 6. The first-order valence-corrected chi connectivity index (χ1v) is 12.3. The van der Waals surface area contributed by atoms with Gasteiger partial charge < -0.3 is 15.5 Å². The molecule has 4 aromatic rings. The molecule has 1 aliphatic rings. The van der Waals surface area contributed by atoms with Crippen molar-refractivity contribution in [1.82, 2.24) is 20.0 Å². The minimum Gasteiger partial charge on any atom is -0.340 e. The molecule has 0 saturated heterocycles. The first-order valence-electron chi connectivity index (χ1n) is 12.0. The Balaban J connectivity index is 1.68. The van der Waals surface area contributed by atoms with Crippen molar-refractivity contribution in [2.45, 2.75) is 18.8 Å². The number of alkyl halides is 3. The molecule has 0 aliphatic carbocycles. The molecule has 40 heavy (non-hydrogen) atoms. The van der Waals surface area contributed by atoms with Crippen molar-refractivity contribution in [1.29, 1.82) is 0 Å². The van der Waals surface area contributed by atoms with E-state index < -0.39 is 46.8 Å². The minimum absolute atomic E-state index is 0.0917. The van der Waals surface area contributed by atoms with Gasteiger partial charge in [-0.3, -0.25) is 14.3 Å². The number of carbonyl (C=O) groups excluding carboxylic acids is 2. The lowest BCUT2D eigenvalue weighted by molar-refractivity contribution is -0.137.